The molecule has 1 amide bonds. The molecule has 114 valence electrons. The Hall–Kier alpha value is -2.11. The molecule has 4 N–H and O–H groups in total. The third-order valence-electron chi connectivity index (χ3n) is 3.90. The molecule has 5 nitrogen and oxygen atoms in total. The first-order chi connectivity index (χ1) is 10.1. The molecule has 1 aromatic carbocycles. The van der Waals surface area contributed by atoms with E-state index in [1.807, 2.05) is 0 Å². The summed E-state index contributed by atoms with van der Waals surface area (Å²) in [6, 6.07) is 4.03. The zero-order valence-electron chi connectivity index (χ0n) is 11.8. The summed E-state index contributed by atoms with van der Waals surface area (Å²) in [5.41, 5.74) is 5.75. The Morgan fingerprint density at radius 3 is 2.76 bits per heavy atom. The second-order valence-corrected chi connectivity index (χ2v) is 5.42. The van der Waals surface area contributed by atoms with Gasteiger partial charge in [-0.1, -0.05) is 30.8 Å². The Bertz CT molecular complexity index is 540. The minimum Gasteiger partial charge on any atom is -0.409 e. The molecule has 21 heavy (non-hydrogen) atoms. The number of amidine groups is 1. The summed E-state index contributed by atoms with van der Waals surface area (Å²) in [6.07, 6.45) is 6.14. The molecule has 0 aromatic heterocycles. The second-order valence-electron chi connectivity index (χ2n) is 5.42. The lowest BCUT2D eigenvalue weighted by atomic mass is 10.0. The number of carbonyl (C=O) groups excluding carboxylic acids is 1. The van der Waals surface area contributed by atoms with E-state index in [9.17, 15) is 9.18 Å². The fraction of sp³-hybridized carbons (Fsp3) is 0.467. The minimum atomic E-state index is -0.603. The Balaban J connectivity index is 1.91. The van der Waals surface area contributed by atoms with Crippen molar-refractivity contribution in [1.29, 1.82) is 0 Å². The van der Waals surface area contributed by atoms with Gasteiger partial charge in [-0.25, -0.2) is 4.39 Å². The molecule has 1 aliphatic rings. The van der Waals surface area contributed by atoms with E-state index < -0.39 is 5.82 Å². The summed E-state index contributed by atoms with van der Waals surface area (Å²) in [5, 5.41) is 13.9. The van der Waals surface area contributed by atoms with Gasteiger partial charge in [0.15, 0.2) is 5.84 Å². The molecule has 6 heteroatoms. The highest BCUT2D eigenvalue weighted by Crippen LogP contribution is 2.28. The van der Waals surface area contributed by atoms with Gasteiger partial charge < -0.3 is 16.3 Å². The molecule has 0 atom stereocenters. The number of anilines is 1. The van der Waals surface area contributed by atoms with Crippen molar-refractivity contribution < 1.29 is 14.4 Å². The molecular weight excluding hydrogens is 273 g/mol. The molecular formula is C15H20FN3O2. The van der Waals surface area contributed by atoms with Gasteiger partial charge in [-0.2, -0.15) is 0 Å². The fourth-order valence-corrected chi connectivity index (χ4v) is 2.68. The van der Waals surface area contributed by atoms with Gasteiger partial charge in [0.1, 0.15) is 5.82 Å². The van der Waals surface area contributed by atoms with Crippen molar-refractivity contribution in [3.63, 3.8) is 0 Å². The molecule has 2 rings (SSSR count). The summed E-state index contributed by atoms with van der Waals surface area (Å²) in [7, 11) is 0. The fourth-order valence-electron chi connectivity index (χ4n) is 2.68. The van der Waals surface area contributed by atoms with E-state index in [1.54, 1.807) is 0 Å². The van der Waals surface area contributed by atoms with Gasteiger partial charge in [0.2, 0.25) is 5.91 Å². The lowest BCUT2D eigenvalue weighted by molar-refractivity contribution is -0.116. The van der Waals surface area contributed by atoms with E-state index in [2.05, 4.69) is 10.5 Å². The predicted octanol–water partition coefficient (Wildman–Crippen LogP) is 2.83. The Kier molecular flexibility index (Phi) is 5.14. The number of nitrogens with two attached hydrogens (primary N) is 1. The van der Waals surface area contributed by atoms with Gasteiger partial charge in [0, 0.05) is 12.0 Å². The molecule has 1 fully saturated rings. The second kappa shape index (κ2) is 7.06. The summed E-state index contributed by atoms with van der Waals surface area (Å²) >= 11 is 0. The predicted molar refractivity (Wildman–Crippen MR) is 78.7 cm³/mol. The highest BCUT2D eigenvalue weighted by atomic mass is 19.1. The van der Waals surface area contributed by atoms with E-state index >= 15 is 0 Å². The van der Waals surface area contributed by atoms with Crippen LogP contribution in [0.5, 0.6) is 0 Å². The van der Waals surface area contributed by atoms with Crippen molar-refractivity contribution in [2.24, 2.45) is 16.8 Å². The largest absolute Gasteiger partial charge is 0.409 e. The van der Waals surface area contributed by atoms with Gasteiger partial charge >= 0.3 is 0 Å². The van der Waals surface area contributed by atoms with Crippen LogP contribution in [-0.4, -0.2) is 17.0 Å². The average Bonchev–Trinajstić information content (AvgIpc) is 2.99. The van der Waals surface area contributed by atoms with Crippen LogP contribution in [0.2, 0.25) is 0 Å². The summed E-state index contributed by atoms with van der Waals surface area (Å²) in [4.78, 5) is 11.8. The molecule has 0 unspecified atom stereocenters. The molecule has 0 bridgehead atoms. The molecule has 0 aliphatic heterocycles. The van der Waals surface area contributed by atoms with E-state index in [0.29, 0.717) is 12.3 Å². The van der Waals surface area contributed by atoms with Gasteiger partial charge in [0.05, 0.1) is 5.69 Å². The zero-order valence-corrected chi connectivity index (χ0v) is 11.8. The first-order valence-corrected chi connectivity index (χ1v) is 7.17. The van der Waals surface area contributed by atoms with Crippen molar-refractivity contribution in [3.8, 4) is 0 Å². The summed E-state index contributed by atoms with van der Waals surface area (Å²) in [5.74, 6) is -0.331. The third kappa shape index (κ3) is 4.18. The standard InChI is InChI=1S/C15H20FN3O2/c16-12-9-11(15(17)19-21)6-7-13(12)18-14(20)8-5-10-3-1-2-4-10/h6-7,9-10,21H,1-5,8H2,(H2,17,19)(H,18,20). The highest BCUT2D eigenvalue weighted by molar-refractivity contribution is 5.98. The number of nitrogens with one attached hydrogen (secondary N) is 1. The van der Waals surface area contributed by atoms with Crippen molar-refractivity contribution >= 4 is 17.4 Å². The molecule has 0 radical (unpaired) electrons. The number of benzene rings is 1. The van der Waals surface area contributed by atoms with E-state index in [4.69, 9.17) is 10.9 Å². The first-order valence-electron chi connectivity index (χ1n) is 7.17. The quantitative estimate of drug-likeness (QED) is 0.337. The van der Waals surface area contributed by atoms with Crippen LogP contribution in [0.15, 0.2) is 23.4 Å². The van der Waals surface area contributed by atoms with Crippen LogP contribution >= 0.6 is 0 Å². The Morgan fingerprint density at radius 1 is 1.43 bits per heavy atom. The SMILES string of the molecule is N/C(=N/O)c1ccc(NC(=O)CCC2CCCC2)c(F)c1. The van der Waals surface area contributed by atoms with E-state index in [0.717, 1.165) is 12.5 Å². The maximum atomic E-state index is 13.8. The number of nitrogens with zero attached hydrogens (tertiary/aromatic N) is 1. The van der Waals surface area contributed by atoms with Crippen LogP contribution in [0.4, 0.5) is 10.1 Å². The monoisotopic (exact) mass is 293 g/mol. The van der Waals surface area contributed by atoms with Crippen molar-refractivity contribution in [1.82, 2.24) is 0 Å². The topological polar surface area (TPSA) is 87.7 Å². The van der Waals surface area contributed by atoms with Crippen LogP contribution < -0.4 is 11.1 Å². The van der Waals surface area contributed by atoms with Gasteiger partial charge in [-0.05, 0) is 30.5 Å². The average molecular weight is 293 g/mol. The molecule has 1 aliphatic carbocycles. The summed E-state index contributed by atoms with van der Waals surface area (Å²) < 4.78 is 13.8. The molecule has 0 spiro atoms. The van der Waals surface area contributed by atoms with Gasteiger partial charge in [-0.15, -0.1) is 0 Å². The first kappa shape index (κ1) is 15.3. The van der Waals surface area contributed by atoms with Crippen molar-refractivity contribution in [3.05, 3.63) is 29.6 Å². The molecule has 1 aromatic rings. The van der Waals surface area contributed by atoms with Gasteiger partial charge in [0.25, 0.3) is 0 Å². The van der Waals surface area contributed by atoms with E-state index in [-0.39, 0.29) is 23.0 Å². The maximum Gasteiger partial charge on any atom is 0.224 e. The number of rotatable bonds is 5. The van der Waals surface area contributed by atoms with Crippen LogP contribution in [0.25, 0.3) is 0 Å². The number of amides is 1. The number of halogens is 1. The number of oxime groups is 1. The molecule has 1 saturated carbocycles. The van der Waals surface area contributed by atoms with Crippen LogP contribution in [0.3, 0.4) is 0 Å². The molecule has 0 heterocycles. The minimum absolute atomic E-state index is 0.112. The number of carbonyl (C=O) groups is 1. The smallest absolute Gasteiger partial charge is 0.224 e. The zero-order chi connectivity index (χ0) is 15.2. The van der Waals surface area contributed by atoms with Crippen LogP contribution in [0, 0.1) is 11.7 Å². The highest BCUT2D eigenvalue weighted by Gasteiger charge is 2.16. The van der Waals surface area contributed by atoms with Crippen LogP contribution in [0.1, 0.15) is 44.1 Å². The van der Waals surface area contributed by atoms with E-state index in [1.165, 1.54) is 37.8 Å². The lowest BCUT2D eigenvalue weighted by Gasteiger charge is -2.10. The van der Waals surface area contributed by atoms with Crippen molar-refractivity contribution in [2.45, 2.75) is 38.5 Å². The summed E-state index contributed by atoms with van der Waals surface area (Å²) in [6.45, 7) is 0. The maximum absolute atomic E-state index is 13.8. The van der Waals surface area contributed by atoms with Crippen LogP contribution in [-0.2, 0) is 4.79 Å². The number of hydrogen-bond acceptors (Lipinski definition) is 3. The lowest BCUT2D eigenvalue weighted by Crippen LogP contribution is -2.16. The number of hydrogen-bond donors (Lipinski definition) is 3. The van der Waals surface area contributed by atoms with Crippen molar-refractivity contribution in [2.75, 3.05) is 5.32 Å². The Morgan fingerprint density at radius 2 is 2.14 bits per heavy atom. The normalized spacial score (nSPS) is 16.1. The Labute approximate surface area is 123 Å². The van der Waals surface area contributed by atoms with Gasteiger partial charge in [-0.3, -0.25) is 4.79 Å². The third-order valence-corrected chi connectivity index (χ3v) is 3.90. The molecule has 0 saturated heterocycles.